The zero-order valence-corrected chi connectivity index (χ0v) is 11.4. The average molecular weight is 267 g/mol. The van der Waals surface area contributed by atoms with E-state index < -0.39 is 0 Å². The third-order valence-electron chi connectivity index (χ3n) is 3.24. The summed E-state index contributed by atoms with van der Waals surface area (Å²) in [4.78, 5) is 12.3. The molecule has 3 aromatic rings. The Morgan fingerprint density at radius 1 is 1.20 bits per heavy atom. The average Bonchev–Trinajstić information content (AvgIpc) is 2.90. The summed E-state index contributed by atoms with van der Waals surface area (Å²) < 4.78 is 0. The monoisotopic (exact) mass is 267 g/mol. The molecule has 0 aliphatic rings. The minimum Gasteiger partial charge on any atom is -0.373 e. The van der Waals surface area contributed by atoms with Gasteiger partial charge in [0.1, 0.15) is 11.6 Å². The number of H-pyrrole nitrogens is 1. The first-order valence-corrected chi connectivity index (χ1v) is 6.64. The number of aromatic amines is 1. The normalized spacial score (nSPS) is 10.9. The van der Waals surface area contributed by atoms with Crippen LogP contribution in [0.4, 0.5) is 5.82 Å². The van der Waals surface area contributed by atoms with Crippen LogP contribution >= 0.6 is 0 Å². The Balaban J connectivity index is 2.03. The summed E-state index contributed by atoms with van der Waals surface area (Å²) >= 11 is 0. The van der Waals surface area contributed by atoms with Crippen LogP contribution in [-0.2, 0) is 6.42 Å². The lowest BCUT2D eigenvalue weighted by Gasteiger charge is -2.01. The first-order valence-electron chi connectivity index (χ1n) is 6.64. The van der Waals surface area contributed by atoms with E-state index in [2.05, 4.69) is 32.4 Å². The lowest BCUT2D eigenvalue weighted by atomic mass is 10.1. The number of nitrogens with two attached hydrogens (primary N) is 1. The quantitative estimate of drug-likeness (QED) is 0.677. The Kier molecular flexibility index (Phi) is 3.35. The van der Waals surface area contributed by atoms with E-state index >= 15 is 0 Å². The fraction of sp³-hybridized carbons (Fsp3) is 0.200. The molecule has 3 rings (SSSR count). The highest BCUT2D eigenvalue weighted by Gasteiger charge is 2.07. The van der Waals surface area contributed by atoms with Crippen LogP contribution in [0.1, 0.15) is 5.56 Å². The minimum absolute atomic E-state index is 0.649. The molecule has 0 radical (unpaired) electrons. The van der Waals surface area contributed by atoms with Gasteiger partial charge in [-0.05, 0) is 36.7 Å². The fourth-order valence-electron chi connectivity index (χ4n) is 2.21. The van der Waals surface area contributed by atoms with Gasteiger partial charge in [0.2, 0.25) is 0 Å². The van der Waals surface area contributed by atoms with Gasteiger partial charge in [0.15, 0.2) is 5.65 Å². The van der Waals surface area contributed by atoms with Crippen LogP contribution in [0.15, 0.2) is 36.4 Å². The smallest absolute Gasteiger partial charge is 0.180 e. The standard InChI is InChI=1S/C15H17N5/c1-17-13-6-5-12-15(19-13)20-14(18-12)11-4-2-3-10(9-11)7-8-16/h2-6,9H,7-8,16H2,1H3,(H2,17,18,19,20). The molecular weight excluding hydrogens is 250 g/mol. The highest BCUT2D eigenvalue weighted by atomic mass is 15.0. The molecule has 1 aromatic carbocycles. The van der Waals surface area contributed by atoms with Crippen molar-refractivity contribution < 1.29 is 0 Å². The number of imidazole rings is 1. The number of benzene rings is 1. The number of aromatic nitrogens is 3. The number of fused-ring (bicyclic) bond motifs is 1. The molecule has 0 unspecified atom stereocenters. The highest BCUT2D eigenvalue weighted by Crippen LogP contribution is 2.21. The Hall–Kier alpha value is -2.40. The van der Waals surface area contributed by atoms with Crippen LogP contribution in [0.5, 0.6) is 0 Å². The van der Waals surface area contributed by atoms with Gasteiger partial charge in [-0.1, -0.05) is 18.2 Å². The Bertz CT molecular complexity index is 732. The van der Waals surface area contributed by atoms with E-state index in [4.69, 9.17) is 5.73 Å². The summed E-state index contributed by atoms with van der Waals surface area (Å²) in [6.07, 6.45) is 0.871. The van der Waals surface area contributed by atoms with E-state index in [1.165, 1.54) is 5.56 Å². The lowest BCUT2D eigenvalue weighted by molar-refractivity contribution is 0.969. The SMILES string of the molecule is CNc1ccc2[nH]c(-c3cccc(CCN)c3)nc2n1. The van der Waals surface area contributed by atoms with Gasteiger partial charge in [-0.15, -0.1) is 0 Å². The molecule has 5 heteroatoms. The molecule has 0 amide bonds. The predicted octanol–water partition coefficient (Wildman–Crippen LogP) is 2.17. The van der Waals surface area contributed by atoms with Crippen molar-refractivity contribution in [3.8, 4) is 11.4 Å². The number of hydrogen-bond acceptors (Lipinski definition) is 4. The largest absolute Gasteiger partial charge is 0.373 e. The zero-order chi connectivity index (χ0) is 13.9. The molecule has 0 atom stereocenters. The Morgan fingerprint density at radius 2 is 2.10 bits per heavy atom. The second kappa shape index (κ2) is 5.30. The third kappa shape index (κ3) is 2.35. The lowest BCUT2D eigenvalue weighted by Crippen LogP contribution is -2.02. The van der Waals surface area contributed by atoms with Crippen LogP contribution in [0, 0.1) is 0 Å². The van der Waals surface area contributed by atoms with Crippen molar-refractivity contribution >= 4 is 17.0 Å². The maximum absolute atomic E-state index is 5.60. The van der Waals surface area contributed by atoms with Gasteiger partial charge in [-0.2, -0.15) is 0 Å². The van der Waals surface area contributed by atoms with Gasteiger partial charge < -0.3 is 16.0 Å². The van der Waals surface area contributed by atoms with Crippen LogP contribution in [0.3, 0.4) is 0 Å². The number of hydrogen-bond donors (Lipinski definition) is 3. The fourth-order valence-corrected chi connectivity index (χ4v) is 2.21. The zero-order valence-electron chi connectivity index (χ0n) is 11.4. The molecule has 0 saturated heterocycles. The molecule has 5 nitrogen and oxygen atoms in total. The van der Waals surface area contributed by atoms with Crippen LogP contribution in [0.2, 0.25) is 0 Å². The van der Waals surface area contributed by atoms with Crippen LogP contribution in [-0.4, -0.2) is 28.5 Å². The van der Waals surface area contributed by atoms with E-state index in [1.54, 1.807) is 0 Å². The molecule has 4 N–H and O–H groups in total. The molecule has 0 aliphatic carbocycles. The van der Waals surface area contributed by atoms with E-state index in [9.17, 15) is 0 Å². The Morgan fingerprint density at radius 3 is 2.90 bits per heavy atom. The second-order valence-electron chi connectivity index (χ2n) is 4.64. The van der Waals surface area contributed by atoms with Crippen molar-refractivity contribution in [1.82, 2.24) is 15.0 Å². The van der Waals surface area contributed by atoms with Gasteiger partial charge in [0.05, 0.1) is 5.52 Å². The van der Waals surface area contributed by atoms with Crippen molar-refractivity contribution in [2.45, 2.75) is 6.42 Å². The summed E-state index contributed by atoms with van der Waals surface area (Å²) in [6.45, 7) is 0.649. The molecule has 102 valence electrons. The van der Waals surface area contributed by atoms with E-state index in [1.807, 2.05) is 31.3 Å². The maximum atomic E-state index is 5.60. The number of nitrogens with one attached hydrogen (secondary N) is 2. The first-order chi connectivity index (χ1) is 9.80. The highest BCUT2D eigenvalue weighted by molar-refractivity contribution is 5.77. The number of rotatable bonds is 4. The number of anilines is 1. The van der Waals surface area contributed by atoms with Gasteiger partial charge in [0, 0.05) is 12.6 Å². The summed E-state index contributed by atoms with van der Waals surface area (Å²) in [5.41, 5.74) is 9.53. The van der Waals surface area contributed by atoms with E-state index in [0.29, 0.717) is 6.54 Å². The van der Waals surface area contributed by atoms with E-state index in [0.717, 1.165) is 34.8 Å². The maximum Gasteiger partial charge on any atom is 0.180 e. The molecule has 0 aliphatic heterocycles. The minimum atomic E-state index is 0.649. The molecule has 0 bridgehead atoms. The molecule has 0 fully saturated rings. The number of nitrogens with zero attached hydrogens (tertiary/aromatic N) is 2. The third-order valence-corrected chi connectivity index (χ3v) is 3.24. The van der Waals surface area contributed by atoms with Gasteiger partial charge in [-0.25, -0.2) is 9.97 Å². The van der Waals surface area contributed by atoms with E-state index in [-0.39, 0.29) is 0 Å². The van der Waals surface area contributed by atoms with Gasteiger partial charge in [-0.3, -0.25) is 0 Å². The topological polar surface area (TPSA) is 79.6 Å². The molecule has 20 heavy (non-hydrogen) atoms. The molecule has 2 aromatic heterocycles. The summed E-state index contributed by atoms with van der Waals surface area (Å²) in [6, 6.07) is 12.2. The van der Waals surface area contributed by atoms with Crippen LogP contribution in [0.25, 0.3) is 22.6 Å². The second-order valence-corrected chi connectivity index (χ2v) is 4.64. The summed E-state index contributed by atoms with van der Waals surface area (Å²) in [7, 11) is 1.85. The number of pyridine rings is 1. The summed E-state index contributed by atoms with van der Waals surface area (Å²) in [5, 5.41) is 3.02. The van der Waals surface area contributed by atoms with Crippen LogP contribution < -0.4 is 11.1 Å². The van der Waals surface area contributed by atoms with Crippen molar-refractivity contribution in [2.24, 2.45) is 5.73 Å². The van der Waals surface area contributed by atoms with Crippen molar-refractivity contribution in [1.29, 1.82) is 0 Å². The van der Waals surface area contributed by atoms with Crippen molar-refractivity contribution in [3.63, 3.8) is 0 Å². The molecular formula is C15H17N5. The van der Waals surface area contributed by atoms with Crippen molar-refractivity contribution in [2.75, 3.05) is 18.9 Å². The first kappa shape index (κ1) is 12.6. The molecule has 2 heterocycles. The molecule has 0 saturated carbocycles. The summed E-state index contributed by atoms with van der Waals surface area (Å²) in [5.74, 6) is 1.65. The van der Waals surface area contributed by atoms with Crippen molar-refractivity contribution in [3.05, 3.63) is 42.0 Å². The molecule has 0 spiro atoms. The Labute approximate surface area is 117 Å². The predicted molar refractivity (Wildman–Crippen MR) is 81.6 cm³/mol. The van der Waals surface area contributed by atoms with Gasteiger partial charge in [0.25, 0.3) is 0 Å². The van der Waals surface area contributed by atoms with Gasteiger partial charge >= 0.3 is 0 Å².